The molecule has 0 saturated carbocycles. The van der Waals surface area contributed by atoms with Crippen molar-refractivity contribution in [3.63, 3.8) is 0 Å². The van der Waals surface area contributed by atoms with Crippen molar-refractivity contribution < 1.29 is 9.15 Å². The molecule has 1 aromatic heterocycles. The van der Waals surface area contributed by atoms with Crippen LogP contribution in [0.15, 0.2) is 71.1 Å². The van der Waals surface area contributed by atoms with E-state index in [1.807, 2.05) is 12.1 Å². The molecule has 5 heteroatoms. The van der Waals surface area contributed by atoms with Gasteiger partial charge in [0, 0.05) is 18.2 Å². The van der Waals surface area contributed by atoms with E-state index in [0.717, 1.165) is 29.0 Å². The number of nitrogens with zero attached hydrogens (tertiary/aromatic N) is 2. The maximum absolute atomic E-state index is 6.22. The second-order valence-electron chi connectivity index (χ2n) is 7.56. The van der Waals surface area contributed by atoms with Crippen LogP contribution in [0.25, 0.3) is 10.8 Å². The summed E-state index contributed by atoms with van der Waals surface area (Å²) in [4.78, 5) is 0. The Morgan fingerprint density at radius 2 is 1.62 bits per heavy atom. The van der Waals surface area contributed by atoms with Gasteiger partial charge in [0.1, 0.15) is 0 Å². The molecule has 2 heterocycles. The molecule has 0 bridgehead atoms. The Morgan fingerprint density at radius 3 is 2.41 bits per heavy atom. The maximum atomic E-state index is 6.22. The minimum Gasteiger partial charge on any atom is -0.424 e. The van der Waals surface area contributed by atoms with E-state index in [0.29, 0.717) is 31.4 Å². The van der Waals surface area contributed by atoms with Gasteiger partial charge in [-0.25, -0.2) is 0 Å². The first-order chi connectivity index (χ1) is 14.2. The van der Waals surface area contributed by atoms with E-state index >= 15 is 0 Å². The van der Waals surface area contributed by atoms with E-state index in [1.54, 1.807) is 0 Å². The fourth-order valence-electron chi connectivity index (χ4n) is 4.16. The standard InChI is InChI=1S/C24H21ClN2O2/c25-21-9-7-20(8-10-21)24(11-13-28-14-12-24)23-27-26-22(29-23)16-17-5-6-18-3-1-2-4-19(18)15-17/h1-10,15H,11-14,16H2. The first-order valence-electron chi connectivity index (χ1n) is 9.87. The molecule has 0 N–H and O–H groups in total. The van der Waals surface area contributed by atoms with Gasteiger partial charge in [-0.1, -0.05) is 66.2 Å². The minimum absolute atomic E-state index is 0.322. The van der Waals surface area contributed by atoms with E-state index in [9.17, 15) is 0 Å². The summed E-state index contributed by atoms with van der Waals surface area (Å²) in [5.41, 5.74) is 1.98. The van der Waals surface area contributed by atoms with Gasteiger partial charge in [0.2, 0.25) is 11.8 Å². The molecule has 1 aliphatic rings. The molecule has 4 nitrogen and oxygen atoms in total. The summed E-state index contributed by atoms with van der Waals surface area (Å²) in [7, 11) is 0. The monoisotopic (exact) mass is 404 g/mol. The molecule has 0 atom stereocenters. The number of hydrogen-bond acceptors (Lipinski definition) is 4. The Labute approximate surface area is 174 Å². The summed E-state index contributed by atoms with van der Waals surface area (Å²) in [5.74, 6) is 1.30. The van der Waals surface area contributed by atoms with Crippen LogP contribution in [0.5, 0.6) is 0 Å². The highest BCUT2D eigenvalue weighted by molar-refractivity contribution is 6.30. The molecule has 0 spiro atoms. The van der Waals surface area contributed by atoms with Crippen molar-refractivity contribution in [2.75, 3.05) is 13.2 Å². The van der Waals surface area contributed by atoms with Crippen molar-refractivity contribution in [1.82, 2.24) is 10.2 Å². The van der Waals surface area contributed by atoms with E-state index in [1.165, 1.54) is 10.8 Å². The van der Waals surface area contributed by atoms with Gasteiger partial charge in [0.25, 0.3) is 0 Å². The first-order valence-corrected chi connectivity index (χ1v) is 10.3. The van der Waals surface area contributed by atoms with Crippen LogP contribution in [0.3, 0.4) is 0 Å². The van der Waals surface area contributed by atoms with Gasteiger partial charge in [0.15, 0.2) is 0 Å². The predicted octanol–water partition coefficient (Wildman–Crippen LogP) is 5.56. The highest BCUT2D eigenvalue weighted by Crippen LogP contribution is 2.41. The molecule has 3 aromatic carbocycles. The van der Waals surface area contributed by atoms with Gasteiger partial charge < -0.3 is 9.15 Å². The Kier molecular flexibility index (Phi) is 4.82. The highest BCUT2D eigenvalue weighted by atomic mass is 35.5. The molecule has 1 saturated heterocycles. The molecular weight excluding hydrogens is 384 g/mol. The third kappa shape index (κ3) is 3.54. The van der Waals surface area contributed by atoms with Crippen LogP contribution in [-0.4, -0.2) is 23.4 Å². The lowest BCUT2D eigenvalue weighted by molar-refractivity contribution is 0.0541. The summed E-state index contributed by atoms with van der Waals surface area (Å²) in [6.07, 6.45) is 2.24. The molecule has 5 rings (SSSR count). The van der Waals surface area contributed by atoms with Crippen molar-refractivity contribution in [2.45, 2.75) is 24.7 Å². The van der Waals surface area contributed by atoms with Crippen molar-refractivity contribution in [3.05, 3.63) is 94.7 Å². The van der Waals surface area contributed by atoms with Gasteiger partial charge >= 0.3 is 0 Å². The van der Waals surface area contributed by atoms with Gasteiger partial charge in [-0.05, 0) is 46.9 Å². The normalized spacial score (nSPS) is 16.2. The minimum atomic E-state index is -0.322. The van der Waals surface area contributed by atoms with Gasteiger partial charge in [-0.2, -0.15) is 0 Å². The quantitative estimate of drug-likeness (QED) is 0.446. The number of aromatic nitrogens is 2. The van der Waals surface area contributed by atoms with Gasteiger partial charge in [-0.3, -0.25) is 0 Å². The van der Waals surface area contributed by atoms with Crippen molar-refractivity contribution in [3.8, 4) is 0 Å². The van der Waals surface area contributed by atoms with Crippen LogP contribution < -0.4 is 0 Å². The highest BCUT2D eigenvalue weighted by Gasteiger charge is 2.41. The molecular formula is C24H21ClN2O2. The van der Waals surface area contributed by atoms with E-state index in [2.05, 4.69) is 64.8 Å². The van der Waals surface area contributed by atoms with Gasteiger partial charge in [-0.15, -0.1) is 10.2 Å². The fraction of sp³-hybridized carbons (Fsp3) is 0.250. The SMILES string of the molecule is Clc1ccc(C2(c3nnc(Cc4ccc5ccccc5c4)o3)CCOCC2)cc1. The maximum Gasteiger partial charge on any atom is 0.227 e. The molecule has 1 fully saturated rings. The summed E-state index contributed by atoms with van der Waals surface area (Å²) in [6.45, 7) is 1.34. The predicted molar refractivity (Wildman–Crippen MR) is 113 cm³/mol. The van der Waals surface area contributed by atoms with Crippen molar-refractivity contribution in [2.24, 2.45) is 0 Å². The molecule has 0 amide bonds. The summed E-state index contributed by atoms with van der Waals surface area (Å²) in [6, 6.07) is 22.7. The first kappa shape index (κ1) is 18.3. The van der Waals surface area contributed by atoms with Crippen LogP contribution >= 0.6 is 11.6 Å². The summed E-state index contributed by atoms with van der Waals surface area (Å²) >= 11 is 6.10. The average molecular weight is 405 g/mol. The molecule has 146 valence electrons. The van der Waals surface area contributed by atoms with Crippen molar-refractivity contribution >= 4 is 22.4 Å². The van der Waals surface area contributed by atoms with Crippen LogP contribution in [-0.2, 0) is 16.6 Å². The van der Waals surface area contributed by atoms with E-state index in [4.69, 9.17) is 20.8 Å². The number of fused-ring (bicyclic) bond motifs is 1. The molecule has 0 radical (unpaired) electrons. The zero-order valence-electron chi connectivity index (χ0n) is 16.0. The van der Waals surface area contributed by atoms with Crippen LogP contribution in [0.1, 0.15) is 35.7 Å². The lowest BCUT2D eigenvalue weighted by Gasteiger charge is -2.34. The molecule has 1 aliphatic heterocycles. The van der Waals surface area contributed by atoms with E-state index in [-0.39, 0.29) is 5.41 Å². The molecule has 0 unspecified atom stereocenters. The van der Waals surface area contributed by atoms with Gasteiger partial charge in [0.05, 0.1) is 11.8 Å². The second-order valence-corrected chi connectivity index (χ2v) is 8.00. The van der Waals surface area contributed by atoms with E-state index < -0.39 is 0 Å². The number of benzene rings is 3. The largest absolute Gasteiger partial charge is 0.424 e. The fourth-order valence-corrected chi connectivity index (χ4v) is 4.28. The number of rotatable bonds is 4. The zero-order chi connectivity index (χ0) is 19.7. The van der Waals surface area contributed by atoms with Crippen molar-refractivity contribution in [1.29, 1.82) is 0 Å². The Hall–Kier alpha value is -2.69. The third-order valence-electron chi connectivity index (χ3n) is 5.79. The van der Waals surface area contributed by atoms with Crippen LogP contribution in [0, 0.1) is 0 Å². The second kappa shape index (κ2) is 7.62. The Bertz CT molecular complexity index is 1130. The Balaban J connectivity index is 1.47. The lowest BCUT2D eigenvalue weighted by atomic mass is 9.74. The molecule has 0 aliphatic carbocycles. The summed E-state index contributed by atoms with van der Waals surface area (Å²) < 4.78 is 11.8. The smallest absolute Gasteiger partial charge is 0.227 e. The Morgan fingerprint density at radius 1 is 0.862 bits per heavy atom. The average Bonchev–Trinajstić information content (AvgIpc) is 3.24. The zero-order valence-corrected chi connectivity index (χ0v) is 16.7. The lowest BCUT2D eigenvalue weighted by Crippen LogP contribution is -2.35. The van der Waals surface area contributed by atoms with Crippen LogP contribution in [0.4, 0.5) is 0 Å². The third-order valence-corrected chi connectivity index (χ3v) is 6.04. The number of halogens is 1. The number of hydrogen-bond donors (Lipinski definition) is 0. The van der Waals surface area contributed by atoms with Crippen LogP contribution in [0.2, 0.25) is 5.02 Å². The topological polar surface area (TPSA) is 48.2 Å². The summed E-state index contributed by atoms with van der Waals surface area (Å²) in [5, 5.41) is 12.0. The number of ether oxygens (including phenoxy) is 1. The molecule has 4 aromatic rings. The molecule has 29 heavy (non-hydrogen) atoms.